The Morgan fingerprint density at radius 2 is 1.02 bits per heavy atom. The Hall–Kier alpha value is -0.940. The zero-order chi connectivity index (χ0) is 42.2. The predicted molar refractivity (Wildman–Crippen MR) is 224 cm³/mol. The molecule has 1 saturated heterocycles. The molecule has 14 heteroatoms. The normalized spacial score (nSPS) is 21.7. The lowest BCUT2D eigenvalue weighted by molar-refractivity contribution is -0.298. The monoisotopic (exact) mass is 840 g/mol. The summed E-state index contributed by atoms with van der Waals surface area (Å²) in [6.07, 6.45) is 23.4. The van der Waals surface area contributed by atoms with Gasteiger partial charge in [0.25, 0.3) is 0 Å². The number of ether oxygens (including phenoxy) is 2. The Morgan fingerprint density at radius 1 is 0.632 bits per heavy atom. The van der Waals surface area contributed by atoms with E-state index in [-0.39, 0.29) is 6.42 Å². The van der Waals surface area contributed by atoms with Crippen LogP contribution in [0.15, 0.2) is 0 Å². The highest BCUT2D eigenvalue weighted by Crippen LogP contribution is 2.26. The van der Waals surface area contributed by atoms with E-state index in [1.165, 1.54) is 116 Å². The molecule has 8 atom stereocenters. The van der Waals surface area contributed by atoms with Gasteiger partial charge in [0, 0.05) is 0 Å². The average Bonchev–Trinajstić information content (AvgIpc) is 3.18. The summed E-state index contributed by atoms with van der Waals surface area (Å²) in [6.45, 7) is 3.22. The molecular weight excluding hydrogens is 755 g/mol. The van der Waals surface area contributed by atoms with Crippen molar-refractivity contribution in [1.29, 1.82) is 0 Å². The van der Waals surface area contributed by atoms with E-state index in [0.717, 1.165) is 51.4 Å². The molecular formula is C43H85NO12S. The predicted octanol–water partition coefficient (Wildman–Crippen LogP) is 7.58. The molecule has 1 rings (SSSR count). The maximum absolute atomic E-state index is 13.1. The summed E-state index contributed by atoms with van der Waals surface area (Å²) in [6, 6.07) is -1.02. The van der Waals surface area contributed by atoms with Gasteiger partial charge in [0.15, 0.2) is 6.29 Å². The molecule has 1 amide bonds. The van der Waals surface area contributed by atoms with E-state index in [9.17, 15) is 38.7 Å². The SMILES string of the molecule is CCCCCCCCCCCCCCCCCCCCCCCC(O)C(=O)NC(COC1OC(CO)C(O)C(OS(=O)(=O)O)C1O)C(O)CCCCCCCCC. The largest absolute Gasteiger partial charge is 0.397 e. The van der Waals surface area contributed by atoms with Gasteiger partial charge in [0.05, 0.1) is 25.4 Å². The molecule has 7 N–H and O–H groups in total. The van der Waals surface area contributed by atoms with Gasteiger partial charge in [-0.1, -0.05) is 194 Å². The Labute approximate surface area is 346 Å². The molecule has 0 aliphatic carbocycles. The summed E-state index contributed by atoms with van der Waals surface area (Å²) in [4.78, 5) is 13.1. The summed E-state index contributed by atoms with van der Waals surface area (Å²) in [7, 11) is -5.10. The quantitative estimate of drug-likeness (QED) is 0.0236. The second kappa shape index (κ2) is 34.7. The zero-order valence-corrected chi connectivity index (χ0v) is 36.6. The lowest BCUT2D eigenvalue weighted by atomic mass is 9.99. The molecule has 1 heterocycles. The third-order valence-electron chi connectivity index (χ3n) is 11.3. The van der Waals surface area contributed by atoms with Gasteiger partial charge in [0.1, 0.15) is 30.5 Å². The molecule has 1 aliphatic heterocycles. The van der Waals surface area contributed by atoms with Gasteiger partial charge in [-0.15, -0.1) is 0 Å². The van der Waals surface area contributed by atoms with Crippen LogP contribution in [0.2, 0.25) is 0 Å². The number of unbranched alkanes of at least 4 members (excludes halogenated alkanes) is 26. The molecule has 0 saturated carbocycles. The number of hydrogen-bond acceptors (Lipinski definition) is 11. The van der Waals surface area contributed by atoms with Gasteiger partial charge in [0.2, 0.25) is 5.91 Å². The molecule has 0 aromatic heterocycles. The smallest absolute Gasteiger partial charge is 0.394 e. The summed E-state index contributed by atoms with van der Waals surface area (Å²) in [5, 5.41) is 55.0. The van der Waals surface area contributed by atoms with Crippen LogP contribution in [0.25, 0.3) is 0 Å². The standard InChI is InChI=1S/C43H85NO12S/c1-3-5-7-9-11-12-13-14-15-16-17-18-19-20-21-22-23-24-26-28-30-32-37(47)42(50)44-35(36(46)31-29-27-25-10-8-6-4-2)34-54-43-40(49)41(56-57(51,52)53)39(48)38(33-45)55-43/h35-41,43,45-49H,3-34H2,1-2H3,(H,44,50)(H,51,52,53). The molecule has 340 valence electrons. The van der Waals surface area contributed by atoms with Crippen LogP contribution < -0.4 is 5.32 Å². The first-order valence-electron chi connectivity index (χ1n) is 23.0. The highest BCUT2D eigenvalue weighted by atomic mass is 32.3. The number of aliphatic hydroxyl groups is 5. The number of hydrogen-bond donors (Lipinski definition) is 7. The fourth-order valence-electron chi connectivity index (χ4n) is 7.58. The van der Waals surface area contributed by atoms with E-state index in [2.05, 4.69) is 23.3 Å². The first kappa shape index (κ1) is 54.1. The third kappa shape index (κ3) is 27.5. The summed E-state index contributed by atoms with van der Waals surface area (Å²) >= 11 is 0. The van der Waals surface area contributed by atoms with Crippen LogP contribution in [0, 0.1) is 0 Å². The van der Waals surface area contributed by atoms with Crippen molar-refractivity contribution in [2.75, 3.05) is 13.2 Å². The first-order valence-corrected chi connectivity index (χ1v) is 24.4. The van der Waals surface area contributed by atoms with Crippen LogP contribution in [0.3, 0.4) is 0 Å². The minimum absolute atomic E-state index is 0.265. The van der Waals surface area contributed by atoms with Crippen LogP contribution in [-0.2, 0) is 28.9 Å². The Kier molecular flexibility index (Phi) is 33.0. The molecule has 0 aromatic carbocycles. The van der Waals surface area contributed by atoms with E-state index in [1.54, 1.807) is 0 Å². The van der Waals surface area contributed by atoms with Crippen LogP contribution in [-0.4, -0.2) is 107 Å². The minimum Gasteiger partial charge on any atom is -0.394 e. The number of nitrogens with one attached hydrogen (secondary N) is 1. The number of carbonyl (C=O) groups excluding carboxylic acids is 1. The van der Waals surface area contributed by atoms with Gasteiger partial charge in [-0.05, 0) is 12.8 Å². The Bertz CT molecular complexity index is 1050. The zero-order valence-electron chi connectivity index (χ0n) is 35.8. The van der Waals surface area contributed by atoms with Gasteiger partial charge in [-0.25, -0.2) is 4.18 Å². The maximum Gasteiger partial charge on any atom is 0.397 e. The maximum atomic E-state index is 13.1. The topological polar surface area (TPSA) is 212 Å². The van der Waals surface area contributed by atoms with Crippen molar-refractivity contribution in [3.05, 3.63) is 0 Å². The van der Waals surface area contributed by atoms with Crippen molar-refractivity contribution in [3.63, 3.8) is 0 Å². The fourth-order valence-corrected chi connectivity index (χ4v) is 8.09. The molecule has 1 aliphatic rings. The molecule has 0 spiro atoms. The molecule has 1 fully saturated rings. The highest BCUT2D eigenvalue weighted by molar-refractivity contribution is 7.80. The van der Waals surface area contributed by atoms with E-state index in [1.807, 2.05) is 0 Å². The second-order valence-electron chi connectivity index (χ2n) is 16.5. The van der Waals surface area contributed by atoms with Crippen LogP contribution in [0.5, 0.6) is 0 Å². The molecule has 8 unspecified atom stereocenters. The first-order chi connectivity index (χ1) is 27.4. The van der Waals surface area contributed by atoms with Crippen LogP contribution in [0.1, 0.15) is 206 Å². The summed E-state index contributed by atoms with van der Waals surface area (Å²) < 4.78 is 47.4. The van der Waals surface area contributed by atoms with Crippen LogP contribution in [0.4, 0.5) is 0 Å². The average molecular weight is 840 g/mol. The van der Waals surface area contributed by atoms with E-state index in [4.69, 9.17) is 14.0 Å². The van der Waals surface area contributed by atoms with Gasteiger partial charge in [-0.2, -0.15) is 8.42 Å². The molecule has 57 heavy (non-hydrogen) atoms. The summed E-state index contributed by atoms with van der Waals surface area (Å²) in [5.74, 6) is -0.670. The van der Waals surface area contributed by atoms with Crippen molar-refractivity contribution in [3.8, 4) is 0 Å². The van der Waals surface area contributed by atoms with Crippen molar-refractivity contribution < 1.29 is 57.0 Å². The molecule has 0 aromatic rings. The van der Waals surface area contributed by atoms with Crippen molar-refractivity contribution >= 4 is 16.3 Å². The Morgan fingerprint density at radius 3 is 1.40 bits per heavy atom. The molecule has 0 bridgehead atoms. The number of amides is 1. The fraction of sp³-hybridized carbons (Fsp3) is 0.977. The van der Waals surface area contributed by atoms with Crippen molar-refractivity contribution in [2.24, 2.45) is 0 Å². The van der Waals surface area contributed by atoms with Crippen molar-refractivity contribution in [1.82, 2.24) is 5.32 Å². The molecule has 13 nitrogen and oxygen atoms in total. The lowest BCUT2D eigenvalue weighted by Gasteiger charge is -2.41. The Balaban J connectivity index is 2.39. The van der Waals surface area contributed by atoms with E-state index >= 15 is 0 Å². The van der Waals surface area contributed by atoms with E-state index in [0.29, 0.717) is 19.3 Å². The highest BCUT2D eigenvalue weighted by Gasteiger charge is 2.48. The van der Waals surface area contributed by atoms with Gasteiger partial charge in [-0.3, -0.25) is 9.35 Å². The minimum atomic E-state index is -5.10. The lowest BCUT2D eigenvalue weighted by Crippen LogP contribution is -2.61. The number of carbonyl (C=O) groups is 1. The summed E-state index contributed by atoms with van der Waals surface area (Å²) in [5.41, 5.74) is 0. The van der Waals surface area contributed by atoms with Gasteiger partial charge >= 0.3 is 10.4 Å². The second-order valence-corrected chi connectivity index (χ2v) is 17.5. The molecule has 0 radical (unpaired) electrons. The third-order valence-corrected chi connectivity index (χ3v) is 11.7. The number of aliphatic hydroxyl groups excluding tert-OH is 5. The van der Waals surface area contributed by atoms with E-state index < -0.39 is 78.5 Å². The van der Waals surface area contributed by atoms with Crippen molar-refractivity contribution in [2.45, 2.75) is 255 Å². The number of rotatable bonds is 39. The van der Waals surface area contributed by atoms with Gasteiger partial charge < -0.3 is 40.3 Å². The van der Waals surface area contributed by atoms with Crippen LogP contribution >= 0.6 is 0 Å².